The van der Waals surface area contributed by atoms with Crippen LogP contribution in [0.1, 0.15) is 23.4 Å². The molecular weight excluding hydrogens is 304 g/mol. The van der Waals surface area contributed by atoms with Crippen molar-refractivity contribution < 1.29 is 18.3 Å². The van der Waals surface area contributed by atoms with Gasteiger partial charge in [-0.15, -0.1) is 0 Å². The molecule has 0 radical (unpaired) electrons. The van der Waals surface area contributed by atoms with Crippen LogP contribution in [0.3, 0.4) is 0 Å². The predicted molar refractivity (Wildman–Crippen MR) is 68.5 cm³/mol. The average molecular weight is 312 g/mol. The fourth-order valence-corrected chi connectivity index (χ4v) is 2.30. The smallest absolute Gasteiger partial charge is 0.408 e. The third kappa shape index (κ3) is 2.64. The van der Waals surface area contributed by atoms with E-state index in [1.165, 1.54) is 12.3 Å². The summed E-state index contributed by atoms with van der Waals surface area (Å²) in [5.74, 6) is -1.31. The number of hydrogen-bond acceptors (Lipinski definition) is 4. The summed E-state index contributed by atoms with van der Waals surface area (Å²) >= 11 is 5.70. The number of nitrogens with one attached hydrogen (secondary N) is 1. The standard InChI is InChI=1S/C13H8ClF2N3O2/c14-12-17-4-3-9(18-12)10-11(21-13(20)19-10)7-5-6(15)1-2-8(7)16/h1-5,10-11H,(H,19,20)/t10-,11-/m1/s1. The van der Waals surface area contributed by atoms with E-state index < -0.39 is 29.9 Å². The van der Waals surface area contributed by atoms with Crippen molar-refractivity contribution in [1.82, 2.24) is 15.3 Å². The molecule has 1 saturated heterocycles. The van der Waals surface area contributed by atoms with Crippen LogP contribution in [0, 0.1) is 11.6 Å². The highest BCUT2D eigenvalue weighted by Crippen LogP contribution is 2.37. The lowest BCUT2D eigenvalue weighted by Crippen LogP contribution is -2.21. The number of amides is 1. The molecule has 21 heavy (non-hydrogen) atoms. The number of hydrogen-bond donors (Lipinski definition) is 1. The minimum Gasteiger partial charge on any atom is -0.439 e. The van der Waals surface area contributed by atoms with Gasteiger partial charge in [0.15, 0.2) is 6.10 Å². The van der Waals surface area contributed by atoms with E-state index in [0.29, 0.717) is 5.69 Å². The number of carbonyl (C=O) groups is 1. The second-order valence-electron chi connectivity index (χ2n) is 4.36. The van der Waals surface area contributed by atoms with E-state index in [1.54, 1.807) is 0 Å². The SMILES string of the molecule is O=C1N[C@H](c2ccnc(Cl)n2)[C@@H](c2cc(F)ccc2F)O1. The van der Waals surface area contributed by atoms with Crippen molar-refractivity contribution in [1.29, 1.82) is 0 Å². The second kappa shape index (κ2) is 5.25. The lowest BCUT2D eigenvalue weighted by molar-refractivity contribution is 0.129. The molecule has 1 aromatic carbocycles. The lowest BCUT2D eigenvalue weighted by atomic mass is 9.99. The van der Waals surface area contributed by atoms with Crippen LogP contribution in [0.25, 0.3) is 0 Å². The van der Waals surface area contributed by atoms with Crippen LogP contribution >= 0.6 is 11.6 Å². The van der Waals surface area contributed by atoms with Crippen LogP contribution in [-0.2, 0) is 4.74 Å². The van der Waals surface area contributed by atoms with E-state index >= 15 is 0 Å². The quantitative estimate of drug-likeness (QED) is 0.866. The maximum atomic E-state index is 13.9. The zero-order valence-electron chi connectivity index (χ0n) is 10.4. The molecule has 3 rings (SSSR count). The Morgan fingerprint density at radius 3 is 2.86 bits per heavy atom. The highest BCUT2D eigenvalue weighted by Gasteiger charge is 2.39. The van der Waals surface area contributed by atoms with Crippen molar-refractivity contribution in [3.05, 3.63) is 58.6 Å². The molecule has 5 nitrogen and oxygen atoms in total. The monoisotopic (exact) mass is 311 g/mol. The molecule has 1 amide bonds. The zero-order valence-corrected chi connectivity index (χ0v) is 11.1. The van der Waals surface area contributed by atoms with Gasteiger partial charge in [-0.05, 0) is 35.9 Å². The molecule has 8 heteroatoms. The summed E-state index contributed by atoms with van der Waals surface area (Å²) < 4.78 is 32.2. The van der Waals surface area contributed by atoms with Gasteiger partial charge < -0.3 is 10.1 Å². The van der Waals surface area contributed by atoms with Gasteiger partial charge in [-0.3, -0.25) is 0 Å². The Morgan fingerprint density at radius 1 is 1.29 bits per heavy atom. The first-order valence-corrected chi connectivity index (χ1v) is 6.33. The molecular formula is C13H8ClF2N3O2. The topological polar surface area (TPSA) is 64.1 Å². The first kappa shape index (κ1) is 13.7. The molecule has 0 unspecified atom stereocenters. The van der Waals surface area contributed by atoms with Gasteiger partial charge in [-0.25, -0.2) is 23.5 Å². The van der Waals surface area contributed by atoms with Gasteiger partial charge in [0.25, 0.3) is 0 Å². The molecule has 2 atom stereocenters. The van der Waals surface area contributed by atoms with Gasteiger partial charge in [0.2, 0.25) is 5.28 Å². The van der Waals surface area contributed by atoms with Crippen molar-refractivity contribution in [2.45, 2.75) is 12.1 Å². The van der Waals surface area contributed by atoms with Gasteiger partial charge in [0, 0.05) is 11.8 Å². The summed E-state index contributed by atoms with van der Waals surface area (Å²) in [6.45, 7) is 0. The summed E-state index contributed by atoms with van der Waals surface area (Å²) in [7, 11) is 0. The van der Waals surface area contributed by atoms with Crippen molar-refractivity contribution in [2.75, 3.05) is 0 Å². The largest absolute Gasteiger partial charge is 0.439 e. The highest BCUT2D eigenvalue weighted by molar-refractivity contribution is 6.28. The fraction of sp³-hybridized carbons (Fsp3) is 0.154. The Hall–Kier alpha value is -2.28. The molecule has 1 aromatic heterocycles. The van der Waals surface area contributed by atoms with Crippen molar-refractivity contribution >= 4 is 17.7 Å². The number of aromatic nitrogens is 2. The van der Waals surface area contributed by atoms with Crippen LogP contribution in [0.4, 0.5) is 13.6 Å². The van der Waals surface area contributed by atoms with Crippen molar-refractivity contribution in [3.63, 3.8) is 0 Å². The molecule has 1 fully saturated rings. The molecule has 0 aliphatic carbocycles. The number of cyclic esters (lactones) is 1. The predicted octanol–water partition coefficient (Wildman–Crippen LogP) is 2.93. The fourth-order valence-electron chi connectivity index (χ4n) is 2.15. The van der Waals surface area contributed by atoms with Gasteiger partial charge in [-0.1, -0.05) is 0 Å². The van der Waals surface area contributed by atoms with Crippen LogP contribution in [0.15, 0.2) is 30.5 Å². The van der Waals surface area contributed by atoms with E-state index in [-0.39, 0.29) is 10.8 Å². The minimum absolute atomic E-state index is 0.0212. The number of ether oxygens (including phenoxy) is 1. The third-order valence-corrected chi connectivity index (χ3v) is 3.22. The maximum absolute atomic E-state index is 13.9. The third-order valence-electron chi connectivity index (χ3n) is 3.04. The number of benzene rings is 1. The molecule has 1 N–H and O–H groups in total. The summed E-state index contributed by atoms with van der Waals surface area (Å²) in [6.07, 6.45) is -0.392. The van der Waals surface area contributed by atoms with Gasteiger partial charge >= 0.3 is 6.09 Å². The van der Waals surface area contributed by atoms with E-state index in [1.807, 2.05) is 0 Å². The van der Waals surface area contributed by atoms with Crippen LogP contribution in [0.5, 0.6) is 0 Å². The first-order valence-electron chi connectivity index (χ1n) is 5.95. The highest BCUT2D eigenvalue weighted by atomic mass is 35.5. The Balaban J connectivity index is 2.03. The van der Waals surface area contributed by atoms with E-state index in [2.05, 4.69) is 15.3 Å². The van der Waals surface area contributed by atoms with Crippen molar-refractivity contribution in [2.24, 2.45) is 0 Å². The molecule has 108 valence electrons. The lowest BCUT2D eigenvalue weighted by Gasteiger charge is -2.17. The minimum atomic E-state index is -1.04. The molecule has 0 spiro atoms. The Morgan fingerprint density at radius 2 is 2.10 bits per heavy atom. The Labute approximate surface area is 122 Å². The first-order chi connectivity index (χ1) is 10.0. The van der Waals surface area contributed by atoms with Crippen LogP contribution in [-0.4, -0.2) is 16.1 Å². The Bertz CT molecular complexity index is 714. The second-order valence-corrected chi connectivity index (χ2v) is 4.70. The van der Waals surface area contributed by atoms with Crippen molar-refractivity contribution in [3.8, 4) is 0 Å². The number of halogens is 3. The maximum Gasteiger partial charge on any atom is 0.408 e. The van der Waals surface area contributed by atoms with Gasteiger partial charge in [0.05, 0.1) is 5.69 Å². The summed E-state index contributed by atoms with van der Waals surface area (Å²) in [5, 5.41) is 2.47. The normalized spacial score (nSPS) is 21.0. The van der Waals surface area contributed by atoms with Gasteiger partial charge in [0.1, 0.15) is 17.7 Å². The number of carbonyl (C=O) groups excluding carboxylic acids is 1. The summed E-state index contributed by atoms with van der Waals surface area (Å²) in [5.41, 5.74) is 0.266. The molecule has 0 saturated carbocycles. The van der Waals surface area contributed by atoms with Crippen LogP contribution in [0.2, 0.25) is 5.28 Å². The summed E-state index contributed by atoms with van der Waals surface area (Å²) in [4.78, 5) is 19.2. The van der Waals surface area contributed by atoms with E-state index in [4.69, 9.17) is 16.3 Å². The van der Waals surface area contributed by atoms with E-state index in [9.17, 15) is 13.6 Å². The average Bonchev–Trinajstić information content (AvgIpc) is 2.83. The van der Waals surface area contributed by atoms with Crippen LogP contribution < -0.4 is 5.32 Å². The molecule has 2 aromatic rings. The number of nitrogens with zero attached hydrogens (tertiary/aromatic N) is 2. The molecule has 0 bridgehead atoms. The molecule has 1 aliphatic heterocycles. The van der Waals surface area contributed by atoms with Gasteiger partial charge in [-0.2, -0.15) is 0 Å². The Kier molecular flexibility index (Phi) is 3.42. The molecule has 2 heterocycles. The van der Waals surface area contributed by atoms with E-state index in [0.717, 1.165) is 18.2 Å². The molecule has 1 aliphatic rings. The zero-order chi connectivity index (χ0) is 15.0. The number of rotatable bonds is 2. The number of alkyl carbamates (subject to hydrolysis) is 1. The summed E-state index contributed by atoms with van der Waals surface area (Å²) in [6, 6.07) is 3.67.